The molecule has 134 valence electrons. The van der Waals surface area contributed by atoms with E-state index in [4.69, 9.17) is 5.14 Å². The molecule has 26 heavy (non-hydrogen) atoms. The van der Waals surface area contributed by atoms with Crippen LogP contribution in [-0.4, -0.2) is 8.42 Å². The van der Waals surface area contributed by atoms with Gasteiger partial charge in [0.05, 0.1) is 10.5 Å². The van der Waals surface area contributed by atoms with Gasteiger partial charge in [0, 0.05) is 0 Å². The summed E-state index contributed by atoms with van der Waals surface area (Å²) in [6.45, 7) is 0. The van der Waals surface area contributed by atoms with Crippen molar-refractivity contribution in [2.45, 2.75) is 11.1 Å². The van der Waals surface area contributed by atoms with Gasteiger partial charge in [0.15, 0.2) is 0 Å². The summed E-state index contributed by atoms with van der Waals surface area (Å²) in [7, 11) is -3.81. The fourth-order valence-electron chi connectivity index (χ4n) is 2.67. The third kappa shape index (κ3) is 3.79. The molecule has 0 radical (unpaired) electrons. The zero-order chi connectivity index (χ0) is 18.9. The van der Waals surface area contributed by atoms with Crippen molar-refractivity contribution in [3.63, 3.8) is 0 Å². The van der Waals surface area contributed by atoms with Gasteiger partial charge in [0.2, 0.25) is 10.0 Å². The minimum atomic E-state index is -4.43. The molecule has 0 unspecified atom stereocenters. The third-order valence-corrected chi connectivity index (χ3v) is 4.85. The maximum absolute atomic E-state index is 13.0. The first-order valence-corrected chi connectivity index (χ1v) is 9.11. The monoisotopic (exact) mass is 377 g/mol. The largest absolute Gasteiger partial charge is 0.416 e. The van der Waals surface area contributed by atoms with Crippen molar-refractivity contribution in [1.82, 2.24) is 0 Å². The highest BCUT2D eigenvalue weighted by Gasteiger charge is 2.30. The molecule has 3 nitrogen and oxygen atoms in total. The Morgan fingerprint density at radius 3 is 1.85 bits per heavy atom. The Kier molecular flexibility index (Phi) is 4.60. The minimum absolute atomic E-state index is 0.0298. The molecule has 0 spiro atoms. The van der Waals surface area contributed by atoms with Crippen LogP contribution in [0.2, 0.25) is 0 Å². The van der Waals surface area contributed by atoms with Crippen LogP contribution in [0.15, 0.2) is 77.7 Å². The van der Waals surface area contributed by atoms with E-state index in [-0.39, 0.29) is 4.90 Å². The normalized spacial score (nSPS) is 12.2. The van der Waals surface area contributed by atoms with Gasteiger partial charge in [-0.25, -0.2) is 13.6 Å². The van der Waals surface area contributed by atoms with Gasteiger partial charge in [-0.3, -0.25) is 0 Å². The Bertz CT molecular complexity index is 1040. The lowest BCUT2D eigenvalue weighted by Gasteiger charge is -2.13. The molecular weight excluding hydrogens is 363 g/mol. The number of sulfonamides is 1. The molecule has 0 saturated heterocycles. The van der Waals surface area contributed by atoms with E-state index in [1.54, 1.807) is 42.5 Å². The Morgan fingerprint density at radius 2 is 1.31 bits per heavy atom. The Balaban J connectivity index is 2.10. The number of hydrogen-bond donors (Lipinski definition) is 1. The van der Waals surface area contributed by atoms with Crippen LogP contribution in [0.4, 0.5) is 13.2 Å². The maximum Gasteiger partial charge on any atom is 0.416 e. The quantitative estimate of drug-likeness (QED) is 0.720. The van der Waals surface area contributed by atoms with E-state index in [2.05, 4.69) is 0 Å². The average molecular weight is 377 g/mol. The topological polar surface area (TPSA) is 60.2 Å². The van der Waals surface area contributed by atoms with Crippen LogP contribution < -0.4 is 5.14 Å². The lowest BCUT2D eigenvalue weighted by Crippen LogP contribution is -2.11. The second kappa shape index (κ2) is 6.59. The lowest BCUT2D eigenvalue weighted by molar-refractivity contribution is -0.137. The SMILES string of the molecule is NS(=O)(=O)c1ccc(-c2ccccc2-c2cccc(C(F)(F)F)c2)cc1. The summed E-state index contributed by atoms with van der Waals surface area (Å²) >= 11 is 0. The molecule has 0 atom stereocenters. The fraction of sp³-hybridized carbons (Fsp3) is 0.0526. The van der Waals surface area contributed by atoms with Gasteiger partial charge in [-0.05, 0) is 46.5 Å². The van der Waals surface area contributed by atoms with Crippen LogP contribution in [0.1, 0.15) is 5.56 Å². The summed E-state index contributed by atoms with van der Waals surface area (Å²) in [6, 6.07) is 18.0. The number of primary sulfonamides is 1. The molecule has 3 aromatic rings. The van der Waals surface area contributed by atoms with E-state index in [1.807, 2.05) is 0 Å². The first-order valence-electron chi connectivity index (χ1n) is 7.56. The number of rotatable bonds is 3. The van der Waals surface area contributed by atoms with Crippen molar-refractivity contribution in [2.24, 2.45) is 5.14 Å². The third-order valence-electron chi connectivity index (χ3n) is 3.92. The summed E-state index contributed by atoms with van der Waals surface area (Å²) < 4.78 is 61.7. The Hall–Kier alpha value is -2.64. The highest BCUT2D eigenvalue weighted by Crippen LogP contribution is 2.36. The van der Waals surface area contributed by atoms with Crippen LogP contribution in [0.25, 0.3) is 22.3 Å². The fourth-order valence-corrected chi connectivity index (χ4v) is 3.19. The van der Waals surface area contributed by atoms with Crippen LogP contribution in [0.5, 0.6) is 0 Å². The van der Waals surface area contributed by atoms with Crippen LogP contribution in [0.3, 0.4) is 0 Å². The molecule has 7 heteroatoms. The van der Waals surface area contributed by atoms with Crippen molar-refractivity contribution in [1.29, 1.82) is 0 Å². The van der Waals surface area contributed by atoms with Crippen molar-refractivity contribution in [3.8, 4) is 22.3 Å². The van der Waals surface area contributed by atoms with Crippen molar-refractivity contribution < 1.29 is 21.6 Å². The van der Waals surface area contributed by atoms with Crippen molar-refractivity contribution >= 4 is 10.0 Å². The summed E-state index contributed by atoms with van der Waals surface area (Å²) in [5.74, 6) is 0. The van der Waals surface area contributed by atoms with E-state index in [0.29, 0.717) is 22.3 Å². The number of halogens is 3. The van der Waals surface area contributed by atoms with Crippen molar-refractivity contribution in [3.05, 3.63) is 78.4 Å². The summed E-state index contributed by atoms with van der Waals surface area (Å²) in [6.07, 6.45) is -4.43. The second-order valence-corrected chi connectivity index (χ2v) is 7.25. The summed E-state index contributed by atoms with van der Waals surface area (Å²) in [5.41, 5.74) is 1.67. The molecule has 0 heterocycles. The standard InChI is InChI=1S/C19H14F3NO2S/c20-19(21,22)15-5-3-4-14(12-15)18-7-2-1-6-17(18)13-8-10-16(11-9-13)26(23,24)25/h1-12H,(H2,23,24,25). The Morgan fingerprint density at radius 1 is 0.731 bits per heavy atom. The molecule has 0 fully saturated rings. The van der Waals surface area contributed by atoms with Gasteiger partial charge in [0.25, 0.3) is 0 Å². The van der Waals surface area contributed by atoms with Crippen LogP contribution >= 0.6 is 0 Å². The van der Waals surface area contributed by atoms with Crippen molar-refractivity contribution in [2.75, 3.05) is 0 Å². The summed E-state index contributed by atoms with van der Waals surface area (Å²) in [5, 5.41) is 5.09. The van der Waals surface area contributed by atoms with Gasteiger partial charge in [-0.2, -0.15) is 13.2 Å². The molecule has 0 aromatic heterocycles. The zero-order valence-corrected chi connectivity index (χ0v) is 14.2. The first kappa shape index (κ1) is 18.2. The smallest absolute Gasteiger partial charge is 0.225 e. The molecule has 0 amide bonds. The molecular formula is C19H14F3NO2S. The van der Waals surface area contributed by atoms with Gasteiger partial charge < -0.3 is 0 Å². The van der Waals surface area contributed by atoms with Gasteiger partial charge in [0.1, 0.15) is 0 Å². The number of hydrogen-bond acceptors (Lipinski definition) is 2. The summed E-state index contributed by atoms with van der Waals surface area (Å²) in [4.78, 5) is -0.0298. The molecule has 0 aliphatic heterocycles. The maximum atomic E-state index is 13.0. The first-order chi connectivity index (χ1) is 12.2. The van der Waals surface area contributed by atoms with E-state index >= 15 is 0 Å². The molecule has 0 saturated carbocycles. The molecule has 0 aliphatic carbocycles. The molecule has 0 aliphatic rings. The van der Waals surface area contributed by atoms with Gasteiger partial charge in [-0.1, -0.05) is 48.5 Å². The van der Waals surface area contributed by atoms with E-state index < -0.39 is 21.8 Å². The zero-order valence-electron chi connectivity index (χ0n) is 13.4. The molecule has 2 N–H and O–H groups in total. The lowest BCUT2D eigenvalue weighted by atomic mass is 9.94. The average Bonchev–Trinajstić information content (AvgIpc) is 2.60. The Labute approximate surface area is 149 Å². The van der Waals surface area contributed by atoms with Crippen LogP contribution in [0, 0.1) is 0 Å². The number of nitrogens with two attached hydrogens (primary N) is 1. The predicted molar refractivity (Wildman–Crippen MR) is 93.7 cm³/mol. The highest BCUT2D eigenvalue weighted by molar-refractivity contribution is 7.89. The minimum Gasteiger partial charge on any atom is -0.225 e. The van der Waals surface area contributed by atoms with Gasteiger partial charge in [-0.15, -0.1) is 0 Å². The molecule has 3 aromatic carbocycles. The number of alkyl halides is 3. The second-order valence-electron chi connectivity index (χ2n) is 5.69. The predicted octanol–water partition coefficient (Wildman–Crippen LogP) is 4.69. The van der Waals surface area contributed by atoms with Gasteiger partial charge >= 0.3 is 6.18 Å². The highest BCUT2D eigenvalue weighted by atomic mass is 32.2. The van der Waals surface area contributed by atoms with Crippen LogP contribution in [-0.2, 0) is 16.2 Å². The molecule has 0 bridgehead atoms. The van der Waals surface area contributed by atoms with E-state index in [9.17, 15) is 21.6 Å². The number of benzene rings is 3. The molecule has 3 rings (SSSR count). The van der Waals surface area contributed by atoms with E-state index in [0.717, 1.165) is 12.1 Å². The van der Waals surface area contributed by atoms with E-state index in [1.165, 1.54) is 18.2 Å².